The van der Waals surface area contributed by atoms with E-state index in [-0.39, 0.29) is 5.41 Å². The molecule has 3 heterocycles. The molecule has 0 amide bonds. The van der Waals surface area contributed by atoms with Gasteiger partial charge in [0.05, 0.1) is 26.9 Å². The molecule has 0 N–H and O–H groups in total. The van der Waals surface area contributed by atoms with Gasteiger partial charge in [-0.3, -0.25) is 4.57 Å². The molecule has 11 aromatic rings. The topological polar surface area (TPSA) is 30.7 Å². The second kappa shape index (κ2) is 11.3. The number of nitrogens with zero attached hydrogens (tertiary/aromatic N) is 3. The summed E-state index contributed by atoms with van der Waals surface area (Å²) in [5.74, 6) is 0.736. The molecular weight excluding hydrogens is 699 g/mol. The molecule has 2 aliphatic carbocycles. The molecule has 2 aliphatic rings. The van der Waals surface area contributed by atoms with Crippen molar-refractivity contribution in [3.63, 3.8) is 0 Å². The lowest BCUT2D eigenvalue weighted by Crippen LogP contribution is -2.28. The zero-order valence-corrected chi connectivity index (χ0v) is 31.5. The van der Waals surface area contributed by atoms with Crippen molar-refractivity contribution in [2.45, 2.75) is 37.5 Å². The fourth-order valence-electron chi connectivity index (χ4n) is 10.8. The summed E-state index contributed by atoms with van der Waals surface area (Å²) in [6.07, 6.45) is 6.01. The van der Waals surface area contributed by atoms with Gasteiger partial charge >= 0.3 is 0 Å². The lowest BCUT2D eigenvalue weighted by Gasteiger charge is -2.36. The Balaban J connectivity index is 1.28. The van der Waals surface area contributed by atoms with Gasteiger partial charge in [-0.05, 0) is 74.2 Å². The lowest BCUT2D eigenvalue weighted by atomic mass is 9.67. The van der Waals surface area contributed by atoms with Crippen molar-refractivity contribution in [2.75, 3.05) is 0 Å². The quantitative estimate of drug-likeness (QED) is 0.177. The summed E-state index contributed by atoms with van der Waals surface area (Å²) in [4.78, 5) is 11.5. The van der Waals surface area contributed by atoms with Crippen molar-refractivity contribution in [2.24, 2.45) is 0 Å². The third-order valence-electron chi connectivity index (χ3n) is 13.1. The molecule has 0 atom stereocenters. The minimum absolute atomic E-state index is 0.0885. The summed E-state index contributed by atoms with van der Waals surface area (Å²) >= 11 is 1.80. The van der Waals surface area contributed by atoms with Crippen LogP contribution >= 0.6 is 11.3 Å². The zero-order valence-electron chi connectivity index (χ0n) is 30.7. The average Bonchev–Trinajstić information content (AvgIpc) is 3.90. The van der Waals surface area contributed by atoms with E-state index in [0.29, 0.717) is 0 Å². The molecule has 0 saturated heterocycles. The van der Waals surface area contributed by atoms with Crippen molar-refractivity contribution >= 4 is 85.8 Å². The van der Waals surface area contributed by atoms with E-state index in [1.54, 1.807) is 11.3 Å². The van der Waals surface area contributed by atoms with Gasteiger partial charge in [-0.1, -0.05) is 159 Å². The predicted octanol–water partition coefficient (Wildman–Crippen LogP) is 14.3. The van der Waals surface area contributed by atoms with Crippen LogP contribution in [0.1, 0.15) is 43.2 Å². The Morgan fingerprint density at radius 3 is 2.11 bits per heavy atom. The molecular formula is C52H35N3S. The van der Waals surface area contributed by atoms with Crippen LogP contribution in [0.3, 0.4) is 0 Å². The number of hydrogen-bond donors (Lipinski definition) is 0. The second-order valence-electron chi connectivity index (χ2n) is 15.9. The molecule has 1 spiro atoms. The Morgan fingerprint density at radius 1 is 0.536 bits per heavy atom. The van der Waals surface area contributed by atoms with Gasteiger partial charge in [0.15, 0.2) is 0 Å². The summed E-state index contributed by atoms with van der Waals surface area (Å²) in [7, 11) is 0. The highest BCUT2D eigenvalue weighted by molar-refractivity contribution is 7.26. The Morgan fingerprint density at radius 2 is 1.23 bits per heavy atom. The normalized spacial score (nSPS) is 14.9. The molecule has 0 radical (unpaired) electrons. The van der Waals surface area contributed by atoms with E-state index < -0.39 is 0 Å². The van der Waals surface area contributed by atoms with E-state index in [1.165, 1.54) is 106 Å². The van der Waals surface area contributed by atoms with Crippen LogP contribution in [0.2, 0.25) is 0 Å². The van der Waals surface area contributed by atoms with Crippen molar-refractivity contribution in [3.05, 3.63) is 163 Å². The highest BCUT2D eigenvalue weighted by Crippen LogP contribution is 2.61. The molecule has 4 heteroatoms. The Bertz CT molecular complexity index is 3470. The number of aromatic nitrogens is 3. The SMILES string of the molecule is c1ccc2c(c1)-c1c(c3c(c4ccccc14)c1ccc4ccccc4c1n3-c1nc(-c3ccc4ccccc4c3)c3sc4ccccc4c3n1)C21CCCCC1. The van der Waals surface area contributed by atoms with Crippen LogP contribution in [-0.4, -0.2) is 14.5 Å². The third kappa shape index (κ3) is 4.02. The molecule has 264 valence electrons. The first-order valence-corrected chi connectivity index (χ1v) is 20.8. The monoisotopic (exact) mass is 733 g/mol. The zero-order chi connectivity index (χ0) is 36.5. The number of benzene rings is 8. The molecule has 0 bridgehead atoms. The Labute approximate surface area is 327 Å². The Kier molecular flexibility index (Phi) is 6.26. The van der Waals surface area contributed by atoms with Crippen LogP contribution in [-0.2, 0) is 5.41 Å². The highest BCUT2D eigenvalue weighted by atomic mass is 32.1. The second-order valence-corrected chi connectivity index (χ2v) is 17.0. The first kappa shape index (κ1) is 30.9. The van der Waals surface area contributed by atoms with Crippen LogP contribution in [0.4, 0.5) is 0 Å². The minimum atomic E-state index is -0.0885. The van der Waals surface area contributed by atoms with E-state index in [2.05, 4.69) is 156 Å². The maximum absolute atomic E-state index is 5.77. The van der Waals surface area contributed by atoms with E-state index in [4.69, 9.17) is 9.97 Å². The van der Waals surface area contributed by atoms with Gasteiger partial charge in [0.1, 0.15) is 0 Å². The van der Waals surface area contributed by atoms with Crippen LogP contribution in [0.5, 0.6) is 0 Å². The van der Waals surface area contributed by atoms with Gasteiger partial charge in [-0.2, -0.15) is 0 Å². The first-order valence-electron chi connectivity index (χ1n) is 20.0. The molecule has 3 aromatic heterocycles. The van der Waals surface area contributed by atoms with Crippen LogP contribution < -0.4 is 0 Å². The molecule has 1 saturated carbocycles. The average molecular weight is 734 g/mol. The third-order valence-corrected chi connectivity index (χ3v) is 14.3. The van der Waals surface area contributed by atoms with Crippen molar-refractivity contribution in [1.29, 1.82) is 0 Å². The summed E-state index contributed by atoms with van der Waals surface area (Å²) in [6.45, 7) is 0. The molecule has 1 fully saturated rings. The molecule has 56 heavy (non-hydrogen) atoms. The smallest absolute Gasteiger partial charge is 0.235 e. The predicted molar refractivity (Wildman–Crippen MR) is 237 cm³/mol. The van der Waals surface area contributed by atoms with Crippen molar-refractivity contribution in [3.8, 4) is 28.3 Å². The van der Waals surface area contributed by atoms with Gasteiger partial charge in [0.25, 0.3) is 0 Å². The minimum Gasteiger partial charge on any atom is -0.277 e. The maximum atomic E-state index is 5.77. The highest BCUT2D eigenvalue weighted by Gasteiger charge is 2.47. The Hall–Kier alpha value is -6.36. The first-order chi connectivity index (χ1) is 27.8. The van der Waals surface area contributed by atoms with Crippen molar-refractivity contribution < 1.29 is 0 Å². The molecule has 8 aromatic carbocycles. The van der Waals surface area contributed by atoms with E-state index in [1.807, 2.05) is 0 Å². The fourth-order valence-corrected chi connectivity index (χ4v) is 12.0. The van der Waals surface area contributed by atoms with Gasteiger partial charge in [-0.25, -0.2) is 9.97 Å². The van der Waals surface area contributed by atoms with E-state index >= 15 is 0 Å². The van der Waals surface area contributed by atoms with Gasteiger partial charge in [-0.15, -0.1) is 11.3 Å². The molecule has 13 rings (SSSR count). The summed E-state index contributed by atoms with van der Waals surface area (Å²) < 4.78 is 4.87. The van der Waals surface area contributed by atoms with Crippen LogP contribution in [0.15, 0.2) is 152 Å². The standard InChI is InChI=1S/C52H35N3S/c1-12-28-52(29-13-1)41-22-10-8-20-38(41)43-36-18-6-7-19-37(36)44-40-27-26-32-15-4-5-17-35(32)48(40)55(49(44)45(43)52)51-53-46(34-25-24-31-14-2-3-16-33(31)30-34)50-47(54-51)39-21-9-11-23-42(39)56-50/h2-11,14-27,30H,1,12-13,28-29H2. The molecule has 0 aliphatic heterocycles. The van der Waals surface area contributed by atoms with Crippen LogP contribution in [0.25, 0.3) is 103 Å². The number of thiophene rings is 1. The number of hydrogen-bond acceptors (Lipinski definition) is 3. The van der Waals surface area contributed by atoms with E-state index in [9.17, 15) is 0 Å². The molecule has 3 nitrogen and oxygen atoms in total. The van der Waals surface area contributed by atoms with Gasteiger partial charge < -0.3 is 0 Å². The lowest BCUT2D eigenvalue weighted by molar-refractivity contribution is 0.354. The number of fused-ring (bicyclic) bond motifs is 18. The van der Waals surface area contributed by atoms with Gasteiger partial charge in [0.2, 0.25) is 5.95 Å². The summed E-state index contributed by atoms with van der Waals surface area (Å²) in [6, 6.07) is 56.2. The molecule has 0 unspecified atom stereocenters. The van der Waals surface area contributed by atoms with Gasteiger partial charge in [0, 0.05) is 37.2 Å². The van der Waals surface area contributed by atoms with Crippen molar-refractivity contribution in [1.82, 2.24) is 14.5 Å². The maximum Gasteiger partial charge on any atom is 0.235 e. The van der Waals surface area contributed by atoms with E-state index in [0.717, 1.165) is 40.3 Å². The summed E-state index contributed by atoms with van der Waals surface area (Å²) in [5, 5.41) is 11.3. The fraction of sp³-hybridized carbons (Fsp3) is 0.115. The van der Waals surface area contributed by atoms with Crippen LogP contribution in [0, 0.1) is 0 Å². The largest absolute Gasteiger partial charge is 0.277 e. The number of rotatable bonds is 2. The summed E-state index contributed by atoms with van der Waals surface area (Å²) in [5.41, 5.74) is 11.2.